The maximum Gasteiger partial charge on any atom is 0.0726 e. The molecule has 174 valence electrons. The minimum absolute atomic E-state index is 0.454. The Labute approximate surface area is 232 Å². The lowest BCUT2D eigenvalue weighted by molar-refractivity contribution is 0.775. The molecular formula is C35H20Br2. The molecule has 1 spiro atoms. The van der Waals surface area contributed by atoms with Crippen molar-refractivity contribution < 1.29 is 0 Å². The molecule has 0 bridgehead atoms. The zero-order valence-electron chi connectivity index (χ0n) is 19.8. The Hall–Kier alpha value is -3.46. The second-order valence-electron chi connectivity index (χ2n) is 9.97. The van der Waals surface area contributed by atoms with Crippen LogP contribution in [0, 0.1) is 0 Å². The van der Waals surface area contributed by atoms with Gasteiger partial charge < -0.3 is 0 Å². The second-order valence-corrected chi connectivity index (χ2v) is 11.8. The highest BCUT2D eigenvalue weighted by Gasteiger charge is 2.49. The van der Waals surface area contributed by atoms with E-state index in [-0.39, 0.29) is 0 Å². The molecule has 0 nitrogen and oxygen atoms in total. The van der Waals surface area contributed by atoms with E-state index < -0.39 is 5.41 Å². The SMILES string of the molecule is Brc1ccc2c(c1)-c1ccccc1-c1ccc(Br)cc1C21c2ccccc2-c2cc3ccccc3cc21. The Morgan fingerprint density at radius 2 is 0.865 bits per heavy atom. The fraction of sp³-hybridized carbons (Fsp3) is 0.0286. The number of benzene rings is 6. The van der Waals surface area contributed by atoms with Crippen molar-refractivity contribution in [2.24, 2.45) is 0 Å². The third-order valence-electron chi connectivity index (χ3n) is 8.19. The van der Waals surface area contributed by atoms with Crippen LogP contribution in [-0.4, -0.2) is 0 Å². The first-order valence-electron chi connectivity index (χ1n) is 12.5. The van der Waals surface area contributed by atoms with Crippen molar-refractivity contribution in [1.82, 2.24) is 0 Å². The van der Waals surface area contributed by atoms with E-state index in [0.717, 1.165) is 8.95 Å². The highest BCUT2D eigenvalue weighted by molar-refractivity contribution is 9.10. The lowest BCUT2D eigenvalue weighted by Gasteiger charge is -2.35. The molecule has 0 radical (unpaired) electrons. The van der Waals surface area contributed by atoms with E-state index in [4.69, 9.17) is 0 Å². The monoisotopic (exact) mass is 598 g/mol. The van der Waals surface area contributed by atoms with Crippen LogP contribution in [0.4, 0.5) is 0 Å². The van der Waals surface area contributed by atoms with Gasteiger partial charge in [-0.05, 0) is 103 Å². The van der Waals surface area contributed by atoms with E-state index in [9.17, 15) is 0 Å². The van der Waals surface area contributed by atoms with Gasteiger partial charge in [0.15, 0.2) is 0 Å². The first-order valence-corrected chi connectivity index (χ1v) is 14.1. The maximum absolute atomic E-state index is 3.85. The van der Waals surface area contributed by atoms with Crippen LogP contribution in [0.2, 0.25) is 0 Å². The van der Waals surface area contributed by atoms with Crippen molar-refractivity contribution in [3.63, 3.8) is 0 Å². The van der Waals surface area contributed by atoms with Crippen molar-refractivity contribution in [3.05, 3.63) is 153 Å². The topological polar surface area (TPSA) is 0 Å². The van der Waals surface area contributed by atoms with Crippen LogP contribution >= 0.6 is 31.9 Å². The summed E-state index contributed by atoms with van der Waals surface area (Å²) >= 11 is 7.65. The third-order valence-corrected chi connectivity index (χ3v) is 9.18. The van der Waals surface area contributed by atoms with Crippen LogP contribution in [0.25, 0.3) is 44.2 Å². The zero-order valence-corrected chi connectivity index (χ0v) is 23.0. The van der Waals surface area contributed by atoms with Gasteiger partial charge >= 0.3 is 0 Å². The predicted octanol–water partition coefficient (Wildman–Crippen LogP) is 10.4. The smallest absolute Gasteiger partial charge is 0.0619 e. The largest absolute Gasteiger partial charge is 0.0726 e. The van der Waals surface area contributed by atoms with E-state index in [1.165, 1.54) is 66.4 Å². The van der Waals surface area contributed by atoms with Crippen molar-refractivity contribution in [2.45, 2.75) is 5.41 Å². The Bertz CT molecular complexity index is 1920. The molecule has 2 aliphatic carbocycles. The van der Waals surface area contributed by atoms with Gasteiger partial charge in [0.1, 0.15) is 0 Å². The van der Waals surface area contributed by atoms with Crippen molar-refractivity contribution in [2.75, 3.05) is 0 Å². The molecule has 0 aromatic heterocycles. The van der Waals surface area contributed by atoms with E-state index in [2.05, 4.69) is 153 Å². The quantitative estimate of drug-likeness (QED) is 0.163. The lowest BCUT2D eigenvalue weighted by atomic mass is 9.66. The summed E-state index contributed by atoms with van der Waals surface area (Å²) in [7, 11) is 0. The van der Waals surface area contributed by atoms with Crippen LogP contribution in [0.3, 0.4) is 0 Å². The number of fused-ring (bicyclic) bond motifs is 13. The first kappa shape index (κ1) is 21.6. The van der Waals surface area contributed by atoms with E-state index in [1.54, 1.807) is 0 Å². The molecule has 1 unspecified atom stereocenters. The predicted molar refractivity (Wildman–Crippen MR) is 161 cm³/mol. The fourth-order valence-corrected chi connectivity index (χ4v) is 7.49. The summed E-state index contributed by atoms with van der Waals surface area (Å²) in [4.78, 5) is 0. The van der Waals surface area contributed by atoms with Gasteiger partial charge in [-0.2, -0.15) is 0 Å². The van der Waals surface area contributed by atoms with Gasteiger partial charge in [0.05, 0.1) is 5.41 Å². The van der Waals surface area contributed by atoms with Crippen LogP contribution in [0.5, 0.6) is 0 Å². The van der Waals surface area contributed by atoms with Crippen molar-refractivity contribution >= 4 is 42.6 Å². The summed E-state index contributed by atoms with van der Waals surface area (Å²) in [6, 6.07) is 45.1. The van der Waals surface area contributed by atoms with Crippen LogP contribution in [-0.2, 0) is 5.41 Å². The standard InChI is InChI=1S/C35H20Br2/c36-23-14-16-32-30(19-23)26-10-4-3-9-25(26)28-15-13-24(37)20-34(28)35(32)31-12-6-5-11-27(31)29-17-21-7-1-2-8-22(21)18-33(29)35/h1-20H. The van der Waals surface area contributed by atoms with E-state index in [0.29, 0.717) is 0 Å². The second kappa shape index (κ2) is 7.77. The van der Waals surface area contributed by atoms with Gasteiger partial charge in [-0.15, -0.1) is 0 Å². The Kier molecular flexibility index (Phi) is 4.54. The van der Waals surface area contributed by atoms with Gasteiger partial charge in [-0.25, -0.2) is 0 Å². The molecule has 0 N–H and O–H groups in total. The van der Waals surface area contributed by atoms with Gasteiger partial charge in [-0.1, -0.05) is 117 Å². The molecule has 2 heteroatoms. The molecule has 2 aliphatic rings. The molecule has 0 amide bonds. The molecule has 8 rings (SSSR count). The molecule has 0 aliphatic heterocycles. The number of halogens is 2. The molecule has 6 aromatic carbocycles. The fourth-order valence-electron chi connectivity index (χ4n) is 6.77. The zero-order chi connectivity index (χ0) is 24.7. The third kappa shape index (κ3) is 2.83. The van der Waals surface area contributed by atoms with Crippen LogP contribution in [0.15, 0.2) is 130 Å². The average Bonchev–Trinajstić information content (AvgIpc) is 3.16. The van der Waals surface area contributed by atoms with Crippen molar-refractivity contribution in [1.29, 1.82) is 0 Å². The summed E-state index contributed by atoms with van der Waals surface area (Å²) in [6.45, 7) is 0. The van der Waals surface area contributed by atoms with Crippen molar-refractivity contribution in [3.8, 4) is 33.4 Å². The highest BCUT2D eigenvalue weighted by Crippen LogP contribution is 2.62. The van der Waals surface area contributed by atoms with E-state index >= 15 is 0 Å². The molecule has 1 atom stereocenters. The van der Waals surface area contributed by atoms with Gasteiger partial charge in [0.25, 0.3) is 0 Å². The molecule has 6 aromatic rings. The molecule has 0 saturated heterocycles. The summed E-state index contributed by atoms with van der Waals surface area (Å²) < 4.78 is 2.18. The Morgan fingerprint density at radius 3 is 1.68 bits per heavy atom. The summed E-state index contributed by atoms with van der Waals surface area (Å²) in [5, 5.41) is 2.54. The first-order chi connectivity index (χ1) is 18.2. The van der Waals surface area contributed by atoms with Gasteiger partial charge in [0.2, 0.25) is 0 Å². The number of rotatable bonds is 0. The minimum Gasteiger partial charge on any atom is -0.0619 e. The molecule has 0 heterocycles. The lowest BCUT2D eigenvalue weighted by Crippen LogP contribution is -2.29. The number of hydrogen-bond acceptors (Lipinski definition) is 0. The van der Waals surface area contributed by atoms with Gasteiger partial charge in [-0.3, -0.25) is 0 Å². The minimum atomic E-state index is -0.454. The molecular weight excluding hydrogens is 580 g/mol. The summed E-state index contributed by atoms with van der Waals surface area (Å²) in [6.07, 6.45) is 0. The molecule has 0 saturated carbocycles. The maximum atomic E-state index is 3.85. The summed E-state index contributed by atoms with van der Waals surface area (Å²) in [5.74, 6) is 0. The van der Waals surface area contributed by atoms with E-state index in [1.807, 2.05) is 0 Å². The Balaban J connectivity index is 1.66. The highest BCUT2D eigenvalue weighted by atomic mass is 79.9. The van der Waals surface area contributed by atoms with Gasteiger partial charge in [0, 0.05) is 8.95 Å². The normalized spacial score (nSPS) is 16.5. The average molecular weight is 600 g/mol. The molecule has 37 heavy (non-hydrogen) atoms. The summed E-state index contributed by atoms with van der Waals surface area (Å²) in [5.41, 5.74) is 12.6. The van der Waals surface area contributed by atoms with Crippen LogP contribution < -0.4 is 0 Å². The van der Waals surface area contributed by atoms with Crippen LogP contribution in [0.1, 0.15) is 22.3 Å². The number of hydrogen-bond donors (Lipinski definition) is 0. The molecule has 0 fully saturated rings. The Morgan fingerprint density at radius 1 is 0.351 bits per heavy atom.